The molecular weight excluding hydrogens is 302 g/mol. The smallest absolute Gasteiger partial charge is 0.292 e. The molecule has 0 bridgehead atoms. The van der Waals surface area contributed by atoms with Gasteiger partial charge in [0.05, 0.1) is 0 Å². The van der Waals surface area contributed by atoms with Gasteiger partial charge in [0.1, 0.15) is 5.82 Å². The Labute approximate surface area is 144 Å². The highest BCUT2D eigenvalue weighted by Gasteiger charge is 2.28. The van der Waals surface area contributed by atoms with Gasteiger partial charge in [-0.15, -0.1) is 0 Å². The minimum Gasteiger partial charge on any atom is -0.355 e. The maximum atomic E-state index is 12.7. The Morgan fingerprint density at radius 3 is 2.62 bits per heavy atom. The van der Waals surface area contributed by atoms with Gasteiger partial charge in [-0.2, -0.15) is 0 Å². The molecule has 2 aliphatic rings. The summed E-state index contributed by atoms with van der Waals surface area (Å²) in [5, 5.41) is 0. The molecule has 6 heteroatoms. The van der Waals surface area contributed by atoms with E-state index in [9.17, 15) is 4.79 Å². The van der Waals surface area contributed by atoms with Crippen LogP contribution < -0.4 is 4.90 Å². The monoisotopic (exact) mass is 329 g/mol. The van der Waals surface area contributed by atoms with Crippen LogP contribution in [0.3, 0.4) is 0 Å². The maximum absolute atomic E-state index is 12.7. The summed E-state index contributed by atoms with van der Waals surface area (Å²) in [6.07, 6.45) is 6.17. The van der Waals surface area contributed by atoms with E-state index in [1.54, 1.807) is 0 Å². The van der Waals surface area contributed by atoms with Crippen molar-refractivity contribution in [1.29, 1.82) is 0 Å². The predicted octanol–water partition coefficient (Wildman–Crippen LogP) is 1.64. The van der Waals surface area contributed by atoms with Gasteiger partial charge in [0, 0.05) is 43.5 Å². The van der Waals surface area contributed by atoms with Gasteiger partial charge in [0.25, 0.3) is 5.91 Å². The van der Waals surface area contributed by atoms with E-state index in [2.05, 4.69) is 39.9 Å². The van der Waals surface area contributed by atoms with Crippen LogP contribution in [0.15, 0.2) is 12.2 Å². The van der Waals surface area contributed by atoms with Gasteiger partial charge in [-0.25, -0.2) is 9.97 Å². The fourth-order valence-corrected chi connectivity index (χ4v) is 3.34. The molecular formula is C18H27N5O. The Kier molecular flexibility index (Phi) is 4.85. The van der Waals surface area contributed by atoms with Crippen LogP contribution in [-0.2, 0) is 0 Å². The molecule has 3 heterocycles. The fraction of sp³-hybridized carbons (Fsp3) is 0.611. The molecule has 1 atom stereocenters. The number of aromatic nitrogens is 2. The Morgan fingerprint density at radius 1 is 1.21 bits per heavy atom. The molecule has 1 fully saturated rings. The number of carbonyl (C=O) groups is 1. The Hall–Kier alpha value is -1.95. The van der Waals surface area contributed by atoms with E-state index >= 15 is 0 Å². The van der Waals surface area contributed by atoms with Crippen molar-refractivity contribution in [2.24, 2.45) is 0 Å². The van der Waals surface area contributed by atoms with Crippen LogP contribution in [0.25, 0.3) is 0 Å². The average molecular weight is 329 g/mol. The van der Waals surface area contributed by atoms with Crippen LogP contribution in [0.4, 0.5) is 5.82 Å². The normalized spacial score (nSPS) is 21.0. The lowest BCUT2D eigenvalue weighted by Crippen LogP contribution is -2.36. The molecule has 0 spiro atoms. The summed E-state index contributed by atoms with van der Waals surface area (Å²) in [5.41, 5.74) is 1.97. The third kappa shape index (κ3) is 3.29. The van der Waals surface area contributed by atoms with Gasteiger partial charge in [-0.05, 0) is 40.8 Å². The Balaban J connectivity index is 1.86. The first-order valence-corrected chi connectivity index (χ1v) is 8.68. The summed E-state index contributed by atoms with van der Waals surface area (Å²) in [6, 6.07) is 0.533. The number of rotatable bonds is 3. The van der Waals surface area contributed by atoms with Crippen LogP contribution in [0.5, 0.6) is 0 Å². The van der Waals surface area contributed by atoms with Crippen molar-refractivity contribution in [3.63, 3.8) is 0 Å². The summed E-state index contributed by atoms with van der Waals surface area (Å²) in [4.78, 5) is 28.3. The second-order valence-electron chi connectivity index (χ2n) is 6.94. The topological polar surface area (TPSA) is 52.6 Å². The van der Waals surface area contributed by atoms with Crippen molar-refractivity contribution in [3.05, 3.63) is 29.2 Å². The second kappa shape index (κ2) is 6.89. The number of hydrogen-bond donors (Lipinski definition) is 0. The Bertz CT molecular complexity index is 655. The molecule has 6 nitrogen and oxygen atoms in total. The standard InChI is InChI=1S/C18H27N5O/c1-13-14(2)19-16(18(24)22-9-6-5-7-10-22)20-17(13)23-11-8-15(12-23)21(3)4/h5-6,15H,7-12H2,1-4H3/t15-/m1/s1. The summed E-state index contributed by atoms with van der Waals surface area (Å²) < 4.78 is 0. The second-order valence-corrected chi connectivity index (χ2v) is 6.94. The molecule has 0 radical (unpaired) electrons. The van der Waals surface area contributed by atoms with Crippen LogP contribution in [0.1, 0.15) is 34.7 Å². The molecule has 1 aromatic heterocycles. The summed E-state index contributed by atoms with van der Waals surface area (Å²) in [5.74, 6) is 1.19. The minimum absolute atomic E-state index is 0.0629. The lowest BCUT2D eigenvalue weighted by molar-refractivity contribution is 0.0758. The third-order valence-electron chi connectivity index (χ3n) is 5.09. The summed E-state index contributed by atoms with van der Waals surface area (Å²) in [7, 11) is 4.23. The van der Waals surface area contributed by atoms with Crippen molar-refractivity contribution in [3.8, 4) is 0 Å². The zero-order chi connectivity index (χ0) is 17.3. The number of hydrogen-bond acceptors (Lipinski definition) is 5. The predicted molar refractivity (Wildman–Crippen MR) is 95.5 cm³/mol. The molecule has 1 amide bonds. The highest BCUT2D eigenvalue weighted by molar-refractivity contribution is 5.91. The maximum Gasteiger partial charge on any atom is 0.292 e. The van der Waals surface area contributed by atoms with Crippen molar-refractivity contribution in [2.45, 2.75) is 32.7 Å². The number of likely N-dealkylation sites (N-methyl/N-ethyl adjacent to an activating group) is 1. The number of nitrogens with zero attached hydrogens (tertiary/aromatic N) is 5. The van der Waals surface area contributed by atoms with Crippen LogP contribution in [-0.4, -0.2) is 72.0 Å². The van der Waals surface area contributed by atoms with Gasteiger partial charge in [0.15, 0.2) is 0 Å². The summed E-state index contributed by atoms with van der Waals surface area (Å²) in [6.45, 7) is 7.33. The van der Waals surface area contributed by atoms with Crippen LogP contribution in [0, 0.1) is 13.8 Å². The number of carbonyl (C=O) groups excluding carboxylic acids is 1. The first kappa shape index (κ1) is 16.9. The lowest BCUT2D eigenvalue weighted by atomic mass is 10.2. The number of amides is 1. The molecule has 130 valence electrons. The Morgan fingerprint density at radius 2 is 2.00 bits per heavy atom. The zero-order valence-electron chi connectivity index (χ0n) is 15.1. The van der Waals surface area contributed by atoms with Crippen molar-refractivity contribution >= 4 is 11.7 Å². The molecule has 1 aromatic rings. The van der Waals surface area contributed by atoms with Gasteiger partial charge in [-0.1, -0.05) is 12.2 Å². The van der Waals surface area contributed by atoms with E-state index in [0.717, 1.165) is 49.6 Å². The van der Waals surface area contributed by atoms with E-state index in [4.69, 9.17) is 0 Å². The van der Waals surface area contributed by atoms with Crippen molar-refractivity contribution < 1.29 is 4.79 Å². The third-order valence-corrected chi connectivity index (χ3v) is 5.09. The fourth-order valence-electron chi connectivity index (χ4n) is 3.34. The molecule has 0 unspecified atom stereocenters. The SMILES string of the molecule is Cc1nc(C(=O)N2CC=CCC2)nc(N2CC[C@@H](N(C)C)C2)c1C. The minimum atomic E-state index is -0.0629. The lowest BCUT2D eigenvalue weighted by Gasteiger charge is -2.25. The first-order chi connectivity index (χ1) is 11.5. The quantitative estimate of drug-likeness (QED) is 0.789. The van der Waals surface area contributed by atoms with Gasteiger partial charge in [-0.3, -0.25) is 4.79 Å². The van der Waals surface area contributed by atoms with E-state index < -0.39 is 0 Å². The number of aryl methyl sites for hydroxylation is 1. The molecule has 2 aliphatic heterocycles. The van der Waals surface area contributed by atoms with Crippen molar-refractivity contribution in [1.82, 2.24) is 19.8 Å². The van der Waals surface area contributed by atoms with Gasteiger partial charge >= 0.3 is 0 Å². The largest absolute Gasteiger partial charge is 0.355 e. The number of anilines is 1. The van der Waals surface area contributed by atoms with Crippen LogP contribution >= 0.6 is 0 Å². The average Bonchev–Trinajstić information content (AvgIpc) is 3.07. The van der Waals surface area contributed by atoms with E-state index in [1.165, 1.54) is 0 Å². The molecule has 0 aliphatic carbocycles. The zero-order valence-corrected chi connectivity index (χ0v) is 15.1. The van der Waals surface area contributed by atoms with Gasteiger partial charge in [0.2, 0.25) is 5.82 Å². The first-order valence-electron chi connectivity index (χ1n) is 8.68. The van der Waals surface area contributed by atoms with Crippen molar-refractivity contribution in [2.75, 3.05) is 45.2 Å². The summed E-state index contributed by atoms with van der Waals surface area (Å²) >= 11 is 0. The molecule has 3 rings (SSSR count). The van der Waals surface area contributed by atoms with Gasteiger partial charge < -0.3 is 14.7 Å². The molecule has 24 heavy (non-hydrogen) atoms. The van der Waals surface area contributed by atoms with Crippen LogP contribution in [0.2, 0.25) is 0 Å². The molecule has 0 saturated carbocycles. The molecule has 0 N–H and O–H groups in total. The molecule has 0 aromatic carbocycles. The molecule has 1 saturated heterocycles. The highest BCUT2D eigenvalue weighted by Crippen LogP contribution is 2.25. The van der Waals surface area contributed by atoms with E-state index in [-0.39, 0.29) is 5.91 Å². The highest BCUT2D eigenvalue weighted by atomic mass is 16.2. The van der Waals surface area contributed by atoms with E-state index in [1.807, 2.05) is 24.8 Å². The van der Waals surface area contributed by atoms with E-state index in [0.29, 0.717) is 18.4 Å².